The Hall–Kier alpha value is -2.34. The third kappa shape index (κ3) is 3.86. The number of carbonyl (C=O) groups is 1. The van der Waals surface area contributed by atoms with Gasteiger partial charge in [-0.3, -0.25) is 4.79 Å². The van der Waals surface area contributed by atoms with E-state index >= 15 is 0 Å². The van der Waals surface area contributed by atoms with Gasteiger partial charge in [-0.15, -0.1) is 0 Å². The Labute approximate surface area is 159 Å². The van der Waals surface area contributed by atoms with Gasteiger partial charge in [-0.1, -0.05) is 23.7 Å². The number of piperidine rings is 1. The van der Waals surface area contributed by atoms with E-state index < -0.39 is 0 Å². The fourth-order valence-electron chi connectivity index (χ4n) is 4.01. The van der Waals surface area contributed by atoms with Crippen LogP contribution in [0.3, 0.4) is 0 Å². The molecule has 1 N–H and O–H groups in total. The molecule has 6 nitrogen and oxygen atoms in total. The first-order valence-electron chi connectivity index (χ1n) is 9.84. The van der Waals surface area contributed by atoms with E-state index in [1.165, 1.54) is 25.9 Å². The molecule has 1 aromatic carbocycles. The molecule has 2 aliphatic heterocycles. The Kier molecular flexibility index (Phi) is 5.16. The monoisotopic (exact) mass is 369 g/mol. The first kappa shape index (κ1) is 18.0. The van der Waals surface area contributed by atoms with Crippen molar-refractivity contribution in [1.82, 2.24) is 15.4 Å². The van der Waals surface area contributed by atoms with E-state index in [-0.39, 0.29) is 5.91 Å². The summed E-state index contributed by atoms with van der Waals surface area (Å²) in [5, 5.41) is 7.01. The van der Waals surface area contributed by atoms with Crippen molar-refractivity contribution < 1.29 is 14.1 Å². The molecular weight excluding hydrogens is 342 g/mol. The zero-order valence-electron chi connectivity index (χ0n) is 16.1. The highest BCUT2D eigenvalue weighted by atomic mass is 16.5. The third-order valence-electron chi connectivity index (χ3n) is 5.43. The molecule has 1 aromatic heterocycles. The molecular formula is C21H27N3O3. The Balaban J connectivity index is 1.35. The van der Waals surface area contributed by atoms with Crippen LogP contribution >= 0.6 is 0 Å². The summed E-state index contributed by atoms with van der Waals surface area (Å²) >= 11 is 0. The number of benzene rings is 1. The number of rotatable bonds is 5. The number of carbonyl (C=O) groups excluding carboxylic acids is 1. The van der Waals surface area contributed by atoms with E-state index in [4.69, 9.17) is 9.26 Å². The lowest BCUT2D eigenvalue weighted by molar-refractivity contribution is 0.0939. The van der Waals surface area contributed by atoms with Gasteiger partial charge in [-0.2, -0.15) is 0 Å². The number of aromatic nitrogens is 1. The highest BCUT2D eigenvalue weighted by Gasteiger charge is 2.28. The smallest absolute Gasteiger partial charge is 0.273 e. The van der Waals surface area contributed by atoms with Gasteiger partial charge in [0.2, 0.25) is 0 Å². The summed E-state index contributed by atoms with van der Waals surface area (Å²) in [6.45, 7) is 8.64. The standard InChI is InChI=1S/C21H27N3O3/c1-14-6-7-18-16(11-14)20-17(13-26-18)19(23-27-20)21(25)22-8-4-10-24-9-3-5-15(2)12-24/h6-7,11,15H,3-5,8-10,12-13H2,1-2H3,(H,22,25)/t15-/m0/s1. The quantitative estimate of drug-likeness (QED) is 0.818. The number of hydrogen-bond acceptors (Lipinski definition) is 5. The number of hydrogen-bond donors (Lipinski definition) is 1. The summed E-state index contributed by atoms with van der Waals surface area (Å²) in [6, 6.07) is 5.92. The van der Waals surface area contributed by atoms with Crippen LogP contribution in [0.4, 0.5) is 0 Å². The summed E-state index contributed by atoms with van der Waals surface area (Å²) in [6.07, 6.45) is 3.55. The van der Waals surface area contributed by atoms with Crippen molar-refractivity contribution in [2.75, 3.05) is 26.2 Å². The zero-order chi connectivity index (χ0) is 18.8. The topological polar surface area (TPSA) is 67.6 Å². The van der Waals surface area contributed by atoms with E-state index in [0.29, 0.717) is 24.6 Å². The number of fused-ring (bicyclic) bond motifs is 3. The summed E-state index contributed by atoms with van der Waals surface area (Å²) in [7, 11) is 0. The molecule has 2 aliphatic rings. The van der Waals surface area contributed by atoms with Crippen LogP contribution in [0.1, 0.15) is 47.8 Å². The van der Waals surface area contributed by atoms with Crippen LogP contribution in [0.25, 0.3) is 11.3 Å². The summed E-state index contributed by atoms with van der Waals surface area (Å²) in [5.74, 6) is 2.01. The van der Waals surface area contributed by atoms with Crippen molar-refractivity contribution in [3.63, 3.8) is 0 Å². The number of aryl methyl sites for hydroxylation is 1. The molecule has 27 heavy (non-hydrogen) atoms. The lowest BCUT2D eigenvalue weighted by Gasteiger charge is -2.30. The number of likely N-dealkylation sites (tertiary alicyclic amines) is 1. The molecule has 0 spiro atoms. The van der Waals surface area contributed by atoms with Gasteiger partial charge in [-0.25, -0.2) is 0 Å². The second-order valence-corrected chi connectivity index (χ2v) is 7.78. The van der Waals surface area contributed by atoms with Crippen LogP contribution in [0.5, 0.6) is 5.75 Å². The average molecular weight is 369 g/mol. The van der Waals surface area contributed by atoms with Gasteiger partial charge in [0, 0.05) is 13.1 Å². The molecule has 2 aromatic rings. The van der Waals surface area contributed by atoms with Crippen molar-refractivity contribution in [1.29, 1.82) is 0 Å². The normalized spacial score (nSPS) is 19.1. The molecule has 1 saturated heterocycles. The molecule has 1 amide bonds. The van der Waals surface area contributed by atoms with Gasteiger partial charge >= 0.3 is 0 Å². The Bertz CT molecular complexity index is 830. The molecule has 0 saturated carbocycles. The largest absolute Gasteiger partial charge is 0.488 e. The van der Waals surface area contributed by atoms with Crippen molar-refractivity contribution in [3.8, 4) is 17.1 Å². The number of ether oxygens (including phenoxy) is 1. The maximum Gasteiger partial charge on any atom is 0.273 e. The Morgan fingerprint density at radius 1 is 1.41 bits per heavy atom. The second-order valence-electron chi connectivity index (χ2n) is 7.78. The minimum Gasteiger partial charge on any atom is -0.488 e. The van der Waals surface area contributed by atoms with Gasteiger partial charge in [0.05, 0.1) is 11.1 Å². The molecule has 0 bridgehead atoms. The van der Waals surface area contributed by atoms with E-state index in [0.717, 1.165) is 41.3 Å². The van der Waals surface area contributed by atoms with Gasteiger partial charge in [-0.05, 0) is 57.3 Å². The molecule has 1 fully saturated rings. The maximum absolute atomic E-state index is 12.6. The van der Waals surface area contributed by atoms with Crippen molar-refractivity contribution in [2.24, 2.45) is 5.92 Å². The van der Waals surface area contributed by atoms with Crippen LogP contribution in [0, 0.1) is 12.8 Å². The summed E-state index contributed by atoms with van der Waals surface area (Å²) in [4.78, 5) is 15.0. The third-order valence-corrected chi connectivity index (χ3v) is 5.43. The van der Waals surface area contributed by atoms with Crippen LogP contribution < -0.4 is 10.1 Å². The van der Waals surface area contributed by atoms with Crippen molar-refractivity contribution >= 4 is 5.91 Å². The molecule has 0 radical (unpaired) electrons. The molecule has 3 heterocycles. The first-order chi connectivity index (χ1) is 13.1. The highest BCUT2D eigenvalue weighted by Crippen LogP contribution is 2.39. The molecule has 4 rings (SSSR count). The fourth-order valence-corrected chi connectivity index (χ4v) is 4.01. The first-order valence-corrected chi connectivity index (χ1v) is 9.84. The minimum atomic E-state index is -0.188. The number of amides is 1. The summed E-state index contributed by atoms with van der Waals surface area (Å²) in [5.41, 5.74) is 3.04. The Morgan fingerprint density at radius 3 is 3.15 bits per heavy atom. The molecule has 0 unspecified atom stereocenters. The van der Waals surface area contributed by atoms with Crippen LogP contribution in [-0.4, -0.2) is 42.1 Å². The van der Waals surface area contributed by atoms with E-state index in [9.17, 15) is 4.79 Å². The van der Waals surface area contributed by atoms with E-state index in [1.807, 2.05) is 25.1 Å². The van der Waals surface area contributed by atoms with Gasteiger partial charge in [0.25, 0.3) is 5.91 Å². The van der Waals surface area contributed by atoms with E-state index in [2.05, 4.69) is 22.3 Å². The maximum atomic E-state index is 12.6. The van der Waals surface area contributed by atoms with Crippen molar-refractivity contribution in [3.05, 3.63) is 35.0 Å². The van der Waals surface area contributed by atoms with Crippen LogP contribution in [0.15, 0.2) is 22.7 Å². The molecule has 6 heteroatoms. The number of nitrogens with one attached hydrogen (secondary N) is 1. The highest BCUT2D eigenvalue weighted by molar-refractivity contribution is 5.95. The zero-order valence-corrected chi connectivity index (χ0v) is 16.1. The molecule has 0 aliphatic carbocycles. The second kappa shape index (κ2) is 7.72. The summed E-state index contributed by atoms with van der Waals surface area (Å²) < 4.78 is 11.3. The number of nitrogens with zero attached hydrogens (tertiary/aromatic N) is 2. The molecule has 1 atom stereocenters. The Morgan fingerprint density at radius 2 is 2.30 bits per heavy atom. The fraction of sp³-hybridized carbons (Fsp3) is 0.524. The molecule has 144 valence electrons. The van der Waals surface area contributed by atoms with Gasteiger partial charge < -0.3 is 19.5 Å². The lowest BCUT2D eigenvalue weighted by atomic mass is 10.0. The minimum absolute atomic E-state index is 0.188. The van der Waals surface area contributed by atoms with Crippen LogP contribution in [0.2, 0.25) is 0 Å². The van der Waals surface area contributed by atoms with Gasteiger partial charge in [0.15, 0.2) is 11.5 Å². The van der Waals surface area contributed by atoms with Crippen LogP contribution in [-0.2, 0) is 6.61 Å². The average Bonchev–Trinajstić information content (AvgIpc) is 3.10. The predicted octanol–water partition coefficient (Wildman–Crippen LogP) is 3.39. The lowest BCUT2D eigenvalue weighted by Crippen LogP contribution is -2.36. The van der Waals surface area contributed by atoms with E-state index in [1.54, 1.807) is 0 Å². The predicted molar refractivity (Wildman–Crippen MR) is 103 cm³/mol. The van der Waals surface area contributed by atoms with Gasteiger partial charge in [0.1, 0.15) is 12.4 Å². The van der Waals surface area contributed by atoms with Crippen molar-refractivity contribution in [2.45, 2.75) is 39.7 Å². The SMILES string of the molecule is Cc1ccc2c(c1)-c1onc(C(=O)NCCCN3CCC[C@H](C)C3)c1CO2.